The van der Waals surface area contributed by atoms with E-state index in [1.165, 1.54) is 21.9 Å². The molecule has 0 N–H and O–H groups in total. The molecule has 3 atom stereocenters. The standard InChI is InChI=1S/C28H27N3O7/c1-15-4-8-21-22(10-15)27(34)30(26(21)33)23-9-7-20(11-17(23)3)38-28(35)18-12-25(32)29(14-18)19-6-5-16(2)24(13-19)31(36)37/h4-7,9,11,13,18,21-22H,8,10,12,14H2,1-3H3/t18-,21-,22+/m0/s1. The molecule has 2 aliphatic heterocycles. The lowest BCUT2D eigenvalue weighted by Crippen LogP contribution is -2.31. The maximum Gasteiger partial charge on any atom is 0.316 e. The Kier molecular flexibility index (Phi) is 6.34. The van der Waals surface area contributed by atoms with Gasteiger partial charge in [0.15, 0.2) is 0 Å². The van der Waals surface area contributed by atoms with Crippen LogP contribution in [-0.4, -0.2) is 35.2 Å². The molecule has 2 aromatic carbocycles. The average molecular weight is 518 g/mol. The Morgan fingerprint density at radius 3 is 2.42 bits per heavy atom. The quantitative estimate of drug-likeness (QED) is 0.146. The number of amides is 3. The summed E-state index contributed by atoms with van der Waals surface area (Å²) < 4.78 is 5.55. The second kappa shape index (κ2) is 9.51. The molecule has 2 heterocycles. The smallest absolute Gasteiger partial charge is 0.316 e. The maximum absolute atomic E-state index is 13.1. The van der Waals surface area contributed by atoms with Crippen LogP contribution in [0, 0.1) is 41.7 Å². The van der Waals surface area contributed by atoms with Gasteiger partial charge in [-0.25, -0.2) is 4.90 Å². The molecule has 2 fully saturated rings. The summed E-state index contributed by atoms with van der Waals surface area (Å²) in [5, 5.41) is 11.3. The van der Waals surface area contributed by atoms with Crippen LogP contribution in [0.1, 0.15) is 37.3 Å². The van der Waals surface area contributed by atoms with Gasteiger partial charge in [-0.2, -0.15) is 0 Å². The van der Waals surface area contributed by atoms with Crippen LogP contribution in [0.4, 0.5) is 17.1 Å². The molecular weight excluding hydrogens is 490 g/mol. The van der Waals surface area contributed by atoms with Gasteiger partial charge in [0.05, 0.1) is 34.1 Å². The number of carbonyl (C=O) groups is 4. The molecule has 2 saturated heterocycles. The number of hydrogen-bond donors (Lipinski definition) is 0. The van der Waals surface area contributed by atoms with Crippen molar-refractivity contribution >= 4 is 40.8 Å². The van der Waals surface area contributed by atoms with Crippen LogP contribution in [-0.2, 0) is 19.2 Å². The van der Waals surface area contributed by atoms with Crippen molar-refractivity contribution in [2.75, 3.05) is 16.3 Å². The third-order valence-electron chi connectivity index (χ3n) is 7.61. The molecule has 10 nitrogen and oxygen atoms in total. The number of benzene rings is 2. The number of aryl methyl sites for hydroxylation is 2. The Morgan fingerprint density at radius 2 is 1.71 bits per heavy atom. The lowest BCUT2D eigenvalue weighted by atomic mass is 9.82. The molecule has 0 saturated carbocycles. The van der Waals surface area contributed by atoms with Crippen molar-refractivity contribution in [3.63, 3.8) is 0 Å². The predicted molar refractivity (Wildman–Crippen MR) is 138 cm³/mol. The number of esters is 1. The summed E-state index contributed by atoms with van der Waals surface area (Å²) >= 11 is 0. The van der Waals surface area contributed by atoms with Gasteiger partial charge < -0.3 is 9.64 Å². The van der Waals surface area contributed by atoms with E-state index in [0.717, 1.165) is 5.57 Å². The molecule has 3 aliphatic rings. The molecule has 196 valence electrons. The number of nitro benzene ring substituents is 1. The van der Waals surface area contributed by atoms with Crippen LogP contribution in [0.25, 0.3) is 0 Å². The fourth-order valence-corrected chi connectivity index (χ4v) is 5.49. The van der Waals surface area contributed by atoms with E-state index in [4.69, 9.17) is 4.74 Å². The van der Waals surface area contributed by atoms with E-state index in [1.807, 2.05) is 13.0 Å². The molecule has 0 unspecified atom stereocenters. The lowest BCUT2D eigenvalue weighted by molar-refractivity contribution is -0.385. The van der Waals surface area contributed by atoms with Gasteiger partial charge in [0.25, 0.3) is 5.69 Å². The van der Waals surface area contributed by atoms with Gasteiger partial charge in [-0.1, -0.05) is 17.7 Å². The van der Waals surface area contributed by atoms with Crippen molar-refractivity contribution in [3.05, 3.63) is 69.3 Å². The third-order valence-corrected chi connectivity index (χ3v) is 7.61. The molecule has 5 rings (SSSR count). The van der Waals surface area contributed by atoms with Crippen molar-refractivity contribution in [1.82, 2.24) is 0 Å². The Balaban J connectivity index is 1.28. The normalized spacial score (nSPS) is 23.0. The molecule has 38 heavy (non-hydrogen) atoms. The highest BCUT2D eigenvalue weighted by Crippen LogP contribution is 2.41. The zero-order chi connectivity index (χ0) is 27.3. The van der Waals surface area contributed by atoms with Gasteiger partial charge >= 0.3 is 5.97 Å². The number of allylic oxidation sites excluding steroid dienone is 2. The molecule has 10 heteroatoms. The average Bonchev–Trinajstić information content (AvgIpc) is 3.37. The highest BCUT2D eigenvalue weighted by atomic mass is 16.6. The number of fused-ring (bicyclic) bond motifs is 1. The minimum atomic E-state index is -0.747. The Labute approximate surface area is 219 Å². The summed E-state index contributed by atoms with van der Waals surface area (Å²) in [6, 6.07) is 9.24. The van der Waals surface area contributed by atoms with Gasteiger partial charge in [0.2, 0.25) is 17.7 Å². The van der Waals surface area contributed by atoms with Gasteiger partial charge in [0, 0.05) is 24.6 Å². The highest BCUT2D eigenvalue weighted by molar-refractivity contribution is 6.22. The SMILES string of the molecule is CC1=CC[C@@H]2C(=O)N(c3ccc(OC(=O)[C@H]4CC(=O)N(c5ccc(C)c([N+](=O)[O-])c5)C4)cc3C)C(=O)[C@@H]2C1. The number of hydrogen-bond acceptors (Lipinski definition) is 7. The maximum atomic E-state index is 13.1. The van der Waals surface area contributed by atoms with Crippen molar-refractivity contribution in [2.24, 2.45) is 17.8 Å². The van der Waals surface area contributed by atoms with Crippen molar-refractivity contribution in [3.8, 4) is 5.75 Å². The monoisotopic (exact) mass is 517 g/mol. The van der Waals surface area contributed by atoms with Crippen LogP contribution in [0.5, 0.6) is 5.75 Å². The van der Waals surface area contributed by atoms with E-state index in [2.05, 4.69) is 0 Å². The molecule has 2 aromatic rings. The number of nitrogens with zero attached hydrogens (tertiary/aromatic N) is 3. The Bertz CT molecular complexity index is 1430. The van der Waals surface area contributed by atoms with E-state index in [1.54, 1.807) is 38.1 Å². The molecule has 3 amide bonds. The second-order valence-corrected chi connectivity index (χ2v) is 10.2. The van der Waals surface area contributed by atoms with E-state index >= 15 is 0 Å². The van der Waals surface area contributed by atoms with Crippen LogP contribution < -0.4 is 14.5 Å². The number of carbonyl (C=O) groups excluding carboxylic acids is 4. The molecule has 0 radical (unpaired) electrons. The van der Waals surface area contributed by atoms with Gasteiger partial charge in [-0.3, -0.25) is 29.3 Å². The van der Waals surface area contributed by atoms with Crippen LogP contribution in [0.2, 0.25) is 0 Å². The van der Waals surface area contributed by atoms with E-state index in [9.17, 15) is 29.3 Å². The van der Waals surface area contributed by atoms with Crippen molar-refractivity contribution in [2.45, 2.75) is 40.0 Å². The fourth-order valence-electron chi connectivity index (χ4n) is 5.49. The first kappa shape index (κ1) is 25.3. The number of imide groups is 1. The third kappa shape index (κ3) is 4.36. The Morgan fingerprint density at radius 1 is 0.974 bits per heavy atom. The topological polar surface area (TPSA) is 127 Å². The predicted octanol–water partition coefficient (Wildman–Crippen LogP) is 4.02. The van der Waals surface area contributed by atoms with Gasteiger partial charge in [-0.05, 0) is 63.4 Å². The summed E-state index contributed by atoms with van der Waals surface area (Å²) in [5.74, 6) is -2.54. The van der Waals surface area contributed by atoms with Crippen LogP contribution in [0.15, 0.2) is 48.0 Å². The van der Waals surface area contributed by atoms with E-state index in [-0.39, 0.29) is 54.0 Å². The number of rotatable bonds is 5. The first-order valence-electron chi connectivity index (χ1n) is 12.5. The summed E-state index contributed by atoms with van der Waals surface area (Å²) in [6.45, 7) is 5.36. The van der Waals surface area contributed by atoms with E-state index < -0.39 is 16.8 Å². The largest absolute Gasteiger partial charge is 0.426 e. The Hall–Kier alpha value is -4.34. The van der Waals surface area contributed by atoms with Gasteiger partial charge in [0.1, 0.15) is 5.75 Å². The van der Waals surface area contributed by atoms with Crippen LogP contribution in [0.3, 0.4) is 0 Å². The highest BCUT2D eigenvalue weighted by Gasteiger charge is 2.49. The zero-order valence-corrected chi connectivity index (χ0v) is 21.3. The molecule has 0 bridgehead atoms. The number of nitro groups is 1. The first-order valence-corrected chi connectivity index (χ1v) is 12.5. The van der Waals surface area contributed by atoms with Crippen molar-refractivity contribution < 1.29 is 28.8 Å². The summed E-state index contributed by atoms with van der Waals surface area (Å²) in [7, 11) is 0. The molecule has 1 aliphatic carbocycles. The lowest BCUT2D eigenvalue weighted by Gasteiger charge is -2.19. The molecule has 0 aromatic heterocycles. The fraction of sp³-hybridized carbons (Fsp3) is 0.357. The summed E-state index contributed by atoms with van der Waals surface area (Å²) in [5.41, 5.74) is 2.92. The number of ether oxygens (including phenoxy) is 1. The van der Waals surface area contributed by atoms with Gasteiger partial charge in [-0.15, -0.1) is 0 Å². The number of anilines is 2. The second-order valence-electron chi connectivity index (χ2n) is 10.2. The summed E-state index contributed by atoms with van der Waals surface area (Å²) in [6.07, 6.45) is 3.07. The van der Waals surface area contributed by atoms with Crippen LogP contribution >= 0.6 is 0 Å². The minimum Gasteiger partial charge on any atom is -0.426 e. The first-order chi connectivity index (χ1) is 18.0. The van der Waals surface area contributed by atoms with E-state index in [0.29, 0.717) is 35.3 Å². The minimum absolute atomic E-state index is 0.0436. The summed E-state index contributed by atoms with van der Waals surface area (Å²) in [4.78, 5) is 65.0. The molecule has 0 spiro atoms. The molecular formula is C28H27N3O7. The van der Waals surface area contributed by atoms with Crippen molar-refractivity contribution in [1.29, 1.82) is 0 Å². The zero-order valence-electron chi connectivity index (χ0n) is 21.3.